The third-order valence-corrected chi connectivity index (χ3v) is 5.20. The Balaban J connectivity index is 1.37. The number of carbonyl (C=O) groups is 1. The van der Waals surface area contributed by atoms with Gasteiger partial charge in [-0.1, -0.05) is 11.3 Å². The molecule has 0 radical (unpaired) electrons. The summed E-state index contributed by atoms with van der Waals surface area (Å²) < 4.78 is 6.28. The van der Waals surface area contributed by atoms with Gasteiger partial charge in [-0.3, -0.25) is 14.7 Å². The van der Waals surface area contributed by atoms with Crippen LogP contribution in [0, 0.1) is 0 Å². The molecule has 0 saturated carbocycles. The molecule has 0 unspecified atom stereocenters. The minimum absolute atomic E-state index is 0.0676. The molecule has 140 valence electrons. The van der Waals surface area contributed by atoms with Crippen LogP contribution in [-0.2, 0) is 4.74 Å². The number of carbonyl (C=O) groups excluding carboxylic acids is 1. The van der Waals surface area contributed by atoms with Gasteiger partial charge in [-0.2, -0.15) is 0 Å². The Morgan fingerprint density at radius 1 is 1.26 bits per heavy atom. The smallest absolute Gasteiger partial charge is 0.251 e. The van der Waals surface area contributed by atoms with Crippen molar-refractivity contribution >= 4 is 38.4 Å². The van der Waals surface area contributed by atoms with Crippen molar-refractivity contribution in [1.82, 2.24) is 25.2 Å². The molecular weight excluding hydrogens is 364 g/mol. The van der Waals surface area contributed by atoms with Gasteiger partial charge in [0.05, 0.1) is 29.6 Å². The molecule has 0 bridgehead atoms. The van der Waals surface area contributed by atoms with Crippen LogP contribution in [0.5, 0.6) is 0 Å². The van der Waals surface area contributed by atoms with Crippen LogP contribution >= 0.6 is 11.3 Å². The molecule has 2 aromatic heterocycles. The molecule has 1 saturated heterocycles. The van der Waals surface area contributed by atoms with E-state index in [1.807, 2.05) is 12.1 Å². The first-order valence-electron chi connectivity index (χ1n) is 8.80. The van der Waals surface area contributed by atoms with Crippen molar-refractivity contribution in [3.05, 3.63) is 42.4 Å². The van der Waals surface area contributed by atoms with Crippen LogP contribution in [0.3, 0.4) is 0 Å². The third kappa shape index (κ3) is 4.57. The summed E-state index contributed by atoms with van der Waals surface area (Å²) >= 11 is 1.48. The highest BCUT2D eigenvalue weighted by Crippen LogP contribution is 2.28. The van der Waals surface area contributed by atoms with Crippen molar-refractivity contribution < 1.29 is 9.53 Å². The van der Waals surface area contributed by atoms with Crippen LogP contribution < -0.4 is 10.6 Å². The summed E-state index contributed by atoms with van der Waals surface area (Å²) in [6.45, 7) is 4.83. The largest absolute Gasteiger partial charge is 0.379 e. The quantitative estimate of drug-likeness (QED) is 0.670. The van der Waals surface area contributed by atoms with E-state index in [0.717, 1.165) is 48.2 Å². The van der Waals surface area contributed by atoms with Gasteiger partial charge in [0.25, 0.3) is 5.91 Å². The van der Waals surface area contributed by atoms with Crippen molar-refractivity contribution in [2.45, 2.75) is 0 Å². The fraction of sp³-hybridized carbons (Fsp3) is 0.333. The van der Waals surface area contributed by atoms with E-state index in [4.69, 9.17) is 4.74 Å². The molecule has 9 heteroatoms. The van der Waals surface area contributed by atoms with Crippen molar-refractivity contribution in [2.24, 2.45) is 0 Å². The van der Waals surface area contributed by atoms with Gasteiger partial charge in [-0.05, 0) is 18.2 Å². The maximum atomic E-state index is 12.4. The maximum Gasteiger partial charge on any atom is 0.251 e. The van der Waals surface area contributed by atoms with E-state index in [2.05, 4.69) is 30.5 Å². The van der Waals surface area contributed by atoms with E-state index in [0.29, 0.717) is 17.9 Å². The minimum atomic E-state index is -0.0676. The molecule has 1 aliphatic rings. The number of fused-ring (bicyclic) bond motifs is 1. The van der Waals surface area contributed by atoms with Gasteiger partial charge in [0, 0.05) is 44.1 Å². The van der Waals surface area contributed by atoms with Crippen LogP contribution in [0.1, 0.15) is 10.4 Å². The molecule has 0 spiro atoms. The van der Waals surface area contributed by atoms with Crippen LogP contribution in [0.15, 0.2) is 36.8 Å². The summed E-state index contributed by atoms with van der Waals surface area (Å²) in [5, 5.41) is 6.83. The van der Waals surface area contributed by atoms with Crippen molar-refractivity contribution in [1.29, 1.82) is 0 Å². The summed E-state index contributed by atoms with van der Waals surface area (Å²) in [4.78, 5) is 27.4. The molecule has 3 aromatic rings. The van der Waals surface area contributed by atoms with E-state index in [1.165, 1.54) is 11.3 Å². The number of hydrogen-bond acceptors (Lipinski definition) is 8. The van der Waals surface area contributed by atoms with Gasteiger partial charge in [-0.15, -0.1) is 0 Å². The Morgan fingerprint density at radius 2 is 2.15 bits per heavy atom. The maximum absolute atomic E-state index is 12.4. The van der Waals surface area contributed by atoms with Gasteiger partial charge in [-0.25, -0.2) is 9.97 Å². The van der Waals surface area contributed by atoms with Gasteiger partial charge in [0.1, 0.15) is 0 Å². The number of morpholine rings is 1. The molecule has 0 atom stereocenters. The number of rotatable bonds is 6. The third-order valence-electron chi connectivity index (χ3n) is 4.27. The van der Waals surface area contributed by atoms with Gasteiger partial charge in [0.2, 0.25) is 0 Å². The molecule has 1 fully saturated rings. The summed E-state index contributed by atoms with van der Waals surface area (Å²) in [6, 6.07) is 5.54. The molecule has 4 rings (SSSR count). The fourth-order valence-corrected chi connectivity index (χ4v) is 3.76. The SMILES string of the molecule is O=C(NCCN1CCOCC1)c1ccc2nc(Nc3cnccn3)sc2c1. The lowest BCUT2D eigenvalue weighted by atomic mass is 10.2. The highest BCUT2D eigenvalue weighted by atomic mass is 32.1. The number of thiazole rings is 1. The fourth-order valence-electron chi connectivity index (χ4n) is 2.85. The monoisotopic (exact) mass is 384 g/mol. The Morgan fingerprint density at radius 3 is 2.96 bits per heavy atom. The number of amides is 1. The zero-order chi connectivity index (χ0) is 18.5. The van der Waals surface area contributed by atoms with Crippen LogP contribution in [-0.4, -0.2) is 65.2 Å². The van der Waals surface area contributed by atoms with E-state index in [1.54, 1.807) is 24.7 Å². The molecule has 2 N–H and O–H groups in total. The van der Waals surface area contributed by atoms with Crippen LogP contribution in [0.4, 0.5) is 10.9 Å². The number of nitrogens with one attached hydrogen (secondary N) is 2. The van der Waals surface area contributed by atoms with Gasteiger partial charge in [0.15, 0.2) is 10.9 Å². The predicted molar refractivity (Wildman–Crippen MR) is 105 cm³/mol. The molecular formula is C18H20N6O2S. The molecule has 1 aromatic carbocycles. The summed E-state index contributed by atoms with van der Waals surface area (Å²) in [7, 11) is 0. The average molecular weight is 384 g/mol. The first-order chi connectivity index (χ1) is 13.3. The van der Waals surface area contributed by atoms with E-state index >= 15 is 0 Å². The predicted octanol–water partition coefficient (Wildman–Crippen LogP) is 1.89. The average Bonchev–Trinajstić information content (AvgIpc) is 3.11. The Hall–Kier alpha value is -2.62. The number of ether oxygens (including phenoxy) is 1. The molecule has 1 aliphatic heterocycles. The van der Waals surface area contributed by atoms with Crippen LogP contribution in [0.2, 0.25) is 0 Å². The van der Waals surface area contributed by atoms with Crippen LogP contribution in [0.25, 0.3) is 10.2 Å². The first-order valence-corrected chi connectivity index (χ1v) is 9.61. The Kier molecular flexibility index (Phi) is 5.52. The summed E-state index contributed by atoms with van der Waals surface area (Å²) in [5.74, 6) is 0.569. The summed E-state index contributed by atoms with van der Waals surface area (Å²) in [5.41, 5.74) is 1.48. The number of hydrogen-bond donors (Lipinski definition) is 2. The highest BCUT2D eigenvalue weighted by Gasteiger charge is 2.12. The molecule has 27 heavy (non-hydrogen) atoms. The van der Waals surface area contributed by atoms with E-state index < -0.39 is 0 Å². The lowest BCUT2D eigenvalue weighted by Crippen LogP contribution is -2.41. The normalized spacial score (nSPS) is 15.0. The van der Waals surface area contributed by atoms with Gasteiger partial charge >= 0.3 is 0 Å². The minimum Gasteiger partial charge on any atom is -0.379 e. The second-order valence-corrected chi connectivity index (χ2v) is 7.16. The van der Waals surface area contributed by atoms with Crippen molar-refractivity contribution in [3.63, 3.8) is 0 Å². The zero-order valence-electron chi connectivity index (χ0n) is 14.7. The Bertz CT molecular complexity index is 911. The molecule has 8 nitrogen and oxygen atoms in total. The first kappa shape index (κ1) is 17.8. The number of aromatic nitrogens is 3. The zero-order valence-corrected chi connectivity index (χ0v) is 15.5. The number of benzene rings is 1. The Labute approximate surface area is 160 Å². The lowest BCUT2D eigenvalue weighted by Gasteiger charge is -2.26. The number of nitrogens with zero attached hydrogens (tertiary/aromatic N) is 4. The highest BCUT2D eigenvalue weighted by molar-refractivity contribution is 7.22. The van der Waals surface area contributed by atoms with Gasteiger partial charge < -0.3 is 15.4 Å². The second kappa shape index (κ2) is 8.38. The molecule has 3 heterocycles. The topological polar surface area (TPSA) is 92.3 Å². The summed E-state index contributed by atoms with van der Waals surface area (Å²) in [6.07, 6.45) is 4.88. The standard InChI is InChI=1S/C18H20N6O2S/c25-17(21-5-6-24-7-9-26-10-8-24)13-1-2-14-15(11-13)27-18(22-14)23-16-12-19-3-4-20-16/h1-4,11-12H,5-10H2,(H,21,25)(H,20,22,23). The van der Waals surface area contributed by atoms with Crippen molar-refractivity contribution in [3.8, 4) is 0 Å². The van der Waals surface area contributed by atoms with E-state index in [9.17, 15) is 4.79 Å². The lowest BCUT2D eigenvalue weighted by molar-refractivity contribution is 0.0383. The second-order valence-electron chi connectivity index (χ2n) is 6.13. The molecule has 0 aliphatic carbocycles. The van der Waals surface area contributed by atoms with Crippen molar-refractivity contribution in [2.75, 3.05) is 44.7 Å². The molecule has 1 amide bonds. The van der Waals surface area contributed by atoms with E-state index in [-0.39, 0.29) is 5.91 Å². The number of anilines is 2.